The van der Waals surface area contributed by atoms with E-state index in [1.807, 2.05) is 6.07 Å². The van der Waals surface area contributed by atoms with Crippen LogP contribution in [0.25, 0.3) is 5.78 Å². The quantitative estimate of drug-likeness (QED) is 0.647. The molecule has 0 spiro atoms. The van der Waals surface area contributed by atoms with Gasteiger partial charge in [-0.2, -0.15) is 27.8 Å². The van der Waals surface area contributed by atoms with Gasteiger partial charge < -0.3 is 16.0 Å². The molecule has 1 saturated heterocycles. The number of alkyl halides is 3. The van der Waals surface area contributed by atoms with Gasteiger partial charge in [0.25, 0.3) is 5.78 Å². The van der Waals surface area contributed by atoms with Crippen LogP contribution in [0.15, 0.2) is 30.7 Å². The van der Waals surface area contributed by atoms with Gasteiger partial charge in [-0.15, -0.1) is 0 Å². The van der Waals surface area contributed by atoms with Gasteiger partial charge in [0.1, 0.15) is 18.0 Å². The number of primary amides is 1. The molecule has 1 aliphatic rings. The van der Waals surface area contributed by atoms with Crippen molar-refractivity contribution in [2.75, 3.05) is 23.3 Å². The van der Waals surface area contributed by atoms with Gasteiger partial charge in [0.05, 0.1) is 0 Å². The SMILES string of the molecule is NC(=O)C1CCN(c2ncccc2CNc2cc(C(F)(F)F)nc3ncnn23)CC1. The standard InChI is InChI=1S/C18H19F3N8O/c19-18(20,21)13-8-14(29-17(27-13)25-10-26-29)24-9-12-2-1-5-23-16(12)28-6-3-11(4-7-28)15(22)30/h1-2,5,8,10-11,24H,3-4,6-7,9H2,(H2,22,30). The number of hydrogen-bond donors (Lipinski definition) is 2. The first-order valence-electron chi connectivity index (χ1n) is 9.33. The maximum atomic E-state index is 13.2. The summed E-state index contributed by atoms with van der Waals surface area (Å²) in [6, 6.07) is 4.51. The van der Waals surface area contributed by atoms with Crippen LogP contribution < -0.4 is 16.0 Å². The number of anilines is 2. The molecular formula is C18H19F3N8O. The van der Waals surface area contributed by atoms with E-state index in [0.29, 0.717) is 31.7 Å². The second-order valence-electron chi connectivity index (χ2n) is 7.00. The monoisotopic (exact) mass is 420 g/mol. The molecule has 0 aromatic carbocycles. The van der Waals surface area contributed by atoms with Gasteiger partial charge in [0, 0.05) is 43.4 Å². The molecule has 0 atom stereocenters. The molecule has 1 aliphatic heterocycles. The third-order valence-corrected chi connectivity index (χ3v) is 5.07. The Kier molecular flexibility index (Phi) is 5.14. The number of hydrogen-bond acceptors (Lipinski definition) is 7. The molecular weight excluding hydrogens is 401 g/mol. The fourth-order valence-corrected chi connectivity index (χ4v) is 3.50. The number of nitrogens with two attached hydrogens (primary N) is 1. The molecule has 4 heterocycles. The topological polar surface area (TPSA) is 114 Å². The smallest absolute Gasteiger partial charge is 0.369 e. The average Bonchev–Trinajstić information content (AvgIpc) is 3.20. The Balaban J connectivity index is 1.56. The molecule has 0 bridgehead atoms. The number of halogens is 3. The van der Waals surface area contributed by atoms with E-state index < -0.39 is 11.9 Å². The highest BCUT2D eigenvalue weighted by Gasteiger charge is 2.34. The van der Waals surface area contributed by atoms with Gasteiger partial charge in [0.2, 0.25) is 5.91 Å². The zero-order valence-electron chi connectivity index (χ0n) is 15.8. The lowest BCUT2D eigenvalue weighted by Crippen LogP contribution is -2.39. The summed E-state index contributed by atoms with van der Waals surface area (Å²) in [7, 11) is 0. The Morgan fingerprint density at radius 3 is 2.73 bits per heavy atom. The first-order chi connectivity index (χ1) is 14.3. The van der Waals surface area contributed by atoms with E-state index in [2.05, 4.69) is 30.3 Å². The summed E-state index contributed by atoms with van der Waals surface area (Å²) in [5.74, 6) is 0.240. The Bertz CT molecular complexity index is 1060. The third kappa shape index (κ3) is 3.98. The number of piperidine rings is 1. The van der Waals surface area contributed by atoms with Gasteiger partial charge in [-0.3, -0.25) is 4.79 Å². The second kappa shape index (κ2) is 7.76. The normalized spacial score (nSPS) is 15.5. The summed E-state index contributed by atoms with van der Waals surface area (Å²) in [6.07, 6.45) is -0.529. The van der Waals surface area contributed by atoms with Gasteiger partial charge in [-0.25, -0.2) is 9.97 Å². The van der Waals surface area contributed by atoms with Crippen molar-refractivity contribution in [1.82, 2.24) is 24.6 Å². The fourth-order valence-electron chi connectivity index (χ4n) is 3.50. The van der Waals surface area contributed by atoms with E-state index in [1.165, 1.54) is 4.52 Å². The molecule has 3 aromatic heterocycles. The summed E-state index contributed by atoms with van der Waals surface area (Å²) in [5, 5.41) is 6.92. The first kappa shape index (κ1) is 19.9. The lowest BCUT2D eigenvalue weighted by Gasteiger charge is -2.32. The van der Waals surface area contributed by atoms with E-state index in [9.17, 15) is 18.0 Å². The van der Waals surface area contributed by atoms with Crippen molar-refractivity contribution in [1.29, 1.82) is 0 Å². The second-order valence-corrected chi connectivity index (χ2v) is 7.00. The average molecular weight is 420 g/mol. The lowest BCUT2D eigenvalue weighted by molar-refractivity contribution is -0.141. The molecule has 1 fully saturated rings. The number of amides is 1. The van der Waals surface area contributed by atoms with Crippen LogP contribution in [0.2, 0.25) is 0 Å². The minimum Gasteiger partial charge on any atom is -0.369 e. The Labute approximate surface area is 169 Å². The van der Waals surface area contributed by atoms with Crippen LogP contribution in [0.4, 0.5) is 24.8 Å². The van der Waals surface area contributed by atoms with Gasteiger partial charge in [0.15, 0.2) is 5.69 Å². The summed E-state index contributed by atoms with van der Waals surface area (Å²) < 4.78 is 40.7. The van der Waals surface area contributed by atoms with E-state index in [-0.39, 0.29) is 30.0 Å². The molecule has 1 amide bonds. The van der Waals surface area contributed by atoms with Crippen LogP contribution in [0.3, 0.4) is 0 Å². The first-order valence-corrected chi connectivity index (χ1v) is 9.33. The maximum absolute atomic E-state index is 13.2. The van der Waals surface area contributed by atoms with E-state index in [4.69, 9.17) is 5.73 Å². The van der Waals surface area contributed by atoms with Crippen molar-refractivity contribution in [2.45, 2.75) is 25.6 Å². The summed E-state index contributed by atoms with van der Waals surface area (Å²) in [6.45, 7) is 1.46. The predicted molar refractivity (Wildman–Crippen MR) is 101 cm³/mol. The lowest BCUT2D eigenvalue weighted by atomic mass is 9.96. The molecule has 0 aliphatic carbocycles. The number of nitrogens with one attached hydrogen (secondary N) is 1. The number of rotatable bonds is 5. The highest BCUT2D eigenvalue weighted by molar-refractivity contribution is 5.77. The molecule has 3 N–H and O–H groups in total. The zero-order valence-corrected chi connectivity index (χ0v) is 15.8. The summed E-state index contributed by atoms with van der Waals surface area (Å²) in [4.78, 5) is 25.1. The van der Waals surface area contributed by atoms with Crippen LogP contribution in [-0.2, 0) is 17.5 Å². The molecule has 0 unspecified atom stereocenters. The fraction of sp³-hybridized carbons (Fsp3) is 0.389. The molecule has 158 valence electrons. The predicted octanol–water partition coefficient (Wildman–Crippen LogP) is 1.85. The van der Waals surface area contributed by atoms with E-state index in [0.717, 1.165) is 18.0 Å². The van der Waals surface area contributed by atoms with Gasteiger partial charge in [-0.05, 0) is 18.9 Å². The van der Waals surface area contributed by atoms with E-state index in [1.54, 1.807) is 12.3 Å². The van der Waals surface area contributed by atoms with Crippen LogP contribution in [0.5, 0.6) is 0 Å². The van der Waals surface area contributed by atoms with Crippen molar-refractivity contribution in [3.8, 4) is 0 Å². The van der Waals surface area contributed by atoms with Crippen LogP contribution in [0.1, 0.15) is 24.1 Å². The molecule has 9 nitrogen and oxygen atoms in total. The summed E-state index contributed by atoms with van der Waals surface area (Å²) in [5.41, 5.74) is 5.14. The molecule has 0 radical (unpaired) electrons. The number of pyridine rings is 1. The number of nitrogens with zero attached hydrogens (tertiary/aromatic N) is 6. The molecule has 30 heavy (non-hydrogen) atoms. The van der Waals surface area contributed by atoms with Crippen molar-refractivity contribution < 1.29 is 18.0 Å². The highest BCUT2D eigenvalue weighted by Crippen LogP contribution is 2.30. The Morgan fingerprint density at radius 2 is 2.03 bits per heavy atom. The van der Waals surface area contributed by atoms with Crippen LogP contribution in [0, 0.1) is 5.92 Å². The van der Waals surface area contributed by atoms with Crippen molar-refractivity contribution >= 4 is 23.3 Å². The minimum absolute atomic E-state index is 0.118. The maximum Gasteiger partial charge on any atom is 0.433 e. The van der Waals surface area contributed by atoms with Crippen LogP contribution >= 0.6 is 0 Å². The van der Waals surface area contributed by atoms with Gasteiger partial charge >= 0.3 is 6.18 Å². The summed E-state index contributed by atoms with van der Waals surface area (Å²) >= 11 is 0. The largest absolute Gasteiger partial charge is 0.433 e. The van der Waals surface area contributed by atoms with Crippen molar-refractivity contribution in [3.05, 3.63) is 42.0 Å². The van der Waals surface area contributed by atoms with Crippen molar-refractivity contribution in [3.63, 3.8) is 0 Å². The molecule has 3 aromatic rings. The molecule has 0 saturated carbocycles. The number of aromatic nitrogens is 5. The molecule has 4 rings (SSSR count). The number of carbonyl (C=O) groups is 1. The number of carbonyl (C=O) groups excluding carboxylic acids is 1. The Hall–Kier alpha value is -3.44. The number of fused-ring (bicyclic) bond motifs is 1. The van der Waals surface area contributed by atoms with Gasteiger partial charge in [-0.1, -0.05) is 6.07 Å². The van der Waals surface area contributed by atoms with E-state index >= 15 is 0 Å². The third-order valence-electron chi connectivity index (χ3n) is 5.07. The van der Waals surface area contributed by atoms with Crippen molar-refractivity contribution in [2.24, 2.45) is 11.7 Å². The molecule has 12 heteroatoms. The zero-order chi connectivity index (χ0) is 21.3. The minimum atomic E-state index is -4.60. The Morgan fingerprint density at radius 1 is 1.27 bits per heavy atom. The van der Waals surface area contributed by atoms with Crippen LogP contribution in [-0.4, -0.2) is 43.6 Å². The highest BCUT2D eigenvalue weighted by atomic mass is 19.4.